The number of phosphoric acid groups is 1. The summed E-state index contributed by atoms with van der Waals surface area (Å²) < 4.78 is 60.5. The Bertz CT molecular complexity index is 1680. The minimum Gasteiger partial charge on any atom is -0.496 e. The van der Waals surface area contributed by atoms with Crippen molar-refractivity contribution in [3.05, 3.63) is 112 Å². The van der Waals surface area contributed by atoms with Crippen LogP contribution < -0.4 is 4.74 Å². The van der Waals surface area contributed by atoms with Crippen molar-refractivity contribution in [2.75, 3.05) is 7.11 Å². The zero-order chi connectivity index (χ0) is 28.7. The highest BCUT2D eigenvalue weighted by atomic mass is 32.2. The van der Waals surface area contributed by atoms with Gasteiger partial charge in [0.25, 0.3) is 0 Å². The molecule has 0 amide bonds. The zero-order valence-electron chi connectivity index (χ0n) is 21.9. The highest BCUT2D eigenvalue weighted by molar-refractivity contribution is 7.99. The van der Waals surface area contributed by atoms with Crippen LogP contribution in [0.1, 0.15) is 34.7 Å². The van der Waals surface area contributed by atoms with E-state index >= 15 is 0 Å². The topological polar surface area (TPSA) is 65.0 Å². The molecule has 208 valence electrons. The first kappa shape index (κ1) is 27.7. The first-order valence-electron chi connectivity index (χ1n) is 12.7. The summed E-state index contributed by atoms with van der Waals surface area (Å²) in [5.41, 5.74) is 2.90. The van der Waals surface area contributed by atoms with Gasteiger partial charge in [-0.1, -0.05) is 79.0 Å². The first-order valence-corrected chi connectivity index (χ1v) is 15.8. The lowest BCUT2D eigenvalue weighted by Gasteiger charge is -2.20. The fourth-order valence-electron chi connectivity index (χ4n) is 4.71. The van der Waals surface area contributed by atoms with Crippen LogP contribution in [0.25, 0.3) is 23.7 Å². The van der Waals surface area contributed by atoms with E-state index < -0.39 is 19.5 Å². The molecule has 0 aliphatic carbocycles. The summed E-state index contributed by atoms with van der Waals surface area (Å²) in [5, 5.41) is 0. The van der Waals surface area contributed by atoms with E-state index in [2.05, 4.69) is 0 Å². The number of hydrogen-bond acceptors (Lipinski definition) is 6. The first-order chi connectivity index (χ1) is 19.8. The predicted octanol–water partition coefficient (Wildman–Crippen LogP) is 9.29. The van der Waals surface area contributed by atoms with Gasteiger partial charge >= 0.3 is 7.82 Å². The number of hydrogen-bond donors (Lipinski definition) is 1. The smallest absolute Gasteiger partial charge is 0.496 e. The lowest BCUT2D eigenvalue weighted by atomic mass is 10.1. The third-order valence-electron chi connectivity index (χ3n) is 6.61. The molecule has 0 aromatic heterocycles. The van der Waals surface area contributed by atoms with Crippen LogP contribution in [-0.4, -0.2) is 12.0 Å². The van der Waals surface area contributed by atoms with Crippen LogP contribution >= 0.6 is 31.3 Å². The molecule has 0 fully saturated rings. The van der Waals surface area contributed by atoms with E-state index in [9.17, 15) is 18.2 Å². The minimum absolute atomic E-state index is 0.0131. The zero-order valence-corrected chi connectivity index (χ0v) is 24.4. The van der Waals surface area contributed by atoms with E-state index in [1.54, 1.807) is 54.6 Å². The molecule has 4 aromatic carbocycles. The lowest BCUT2D eigenvalue weighted by molar-refractivity contribution is 0.264. The molecule has 2 aliphatic rings. The Kier molecular flexibility index (Phi) is 7.47. The lowest BCUT2D eigenvalue weighted by Crippen LogP contribution is -1.99. The Morgan fingerprint density at radius 2 is 1.24 bits per heavy atom. The second kappa shape index (κ2) is 11.1. The number of ether oxygens (including phenoxy) is 1. The summed E-state index contributed by atoms with van der Waals surface area (Å²) in [7, 11) is -3.36. The molecule has 1 atom stereocenters. The van der Waals surface area contributed by atoms with Gasteiger partial charge in [0.2, 0.25) is 0 Å². The monoisotopic (exact) mass is 608 g/mol. The second-order valence-electron chi connectivity index (χ2n) is 9.17. The molecule has 1 unspecified atom stereocenters. The average Bonchev–Trinajstić information content (AvgIpc) is 3.21. The molecule has 5 nitrogen and oxygen atoms in total. The molecule has 4 aromatic rings. The summed E-state index contributed by atoms with van der Waals surface area (Å²) >= 11 is 2.40. The van der Waals surface area contributed by atoms with Crippen LogP contribution in [0.2, 0.25) is 0 Å². The fourth-order valence-corrected chi connectivity index (χ4v) is 7.93. The van der Waals surface area contributed by atoms with E-state index in [0.717, 1.165) is 22.2 Å². The number of halogens is 2. The standard InChI is InChI=1S/C31H23F2O5PS2/c1-3-18-8-4-11-21-26(16-19-9-5-13-23(32)29(19)40-28(18)21)37-39(34,35)38-27-17-20-10-6-14-24(33)30(20)41-31-22(27)12-7-15-25(31)36-2/h4-17H,3H2,1-2H3,(H,34,35). The molecule has 6 rings (SSSR count). The van der Waals surface area contributed by atoms with Crippen molar-refractivity contribution in [1.29, 1.82) is 0 Å². The molecule has 0 saturated carbocycles. The quantitative estimate of drug-likeness (QED) is 0.219. The van der Waals surface area contributed by atoms with Gasteiger partial charge in [-0.2, -0.15) is 0 Å². The van der Waals surface area contributed by atoms with Crippen molar-refractivity contribution < 1.29 is 32.0 Å². The third kappa shape index (κ3) is 5.31. The molecular weight excluding hydrogens is 585 g/mol. The molecule has 0 bridgehead atoms. The summed E-state index contributed by atoms with van der Waals surface area (Å²) in [6, 6.07) is 19.9. The fraction of sp³-hybridized carbons (Fsp3) is 0.0968. The van der Waals surface area contributed by atoms with Gasteiger partial charge in [0, 0.05) is 16.0 Å². The third-order valence-corrected chi connectivity index (χ3v) is 10.0. The van der Waals surface area contributed by atoms with E-state index in [1.807, 2.05) is 19.1 Å². The molecular formula is C31H23F2O5PS2. The van der Waals surface area contributed by atoms with Gasteiger partial charge in [0.15, 0.2) is 0 Å². The van der Waals surface area contributed by atoms with E-state index in [-0.39, 0.29) is 11.5 Å². The van der Waals surface area contributed by atoms with Crippen molar-refractivity contribution >= 4 is 55.0 Å². The van der Waals surface area contributed by atoms with Crippen LogP contribution in [0.3, 0.4) is 0 Å². The molecule has 41 heavy (non-hydrogen) atoms. The number of fused-ring (bicyclic) bond motifs is 4. The SMILES string of the molecule is CCc1cccc2c1Sc1c(F)cccc1C=C2OP(=O)(O)OC1=Cc2cccc(F)c2Sc2c(OC)cccc21. The Morgan fingerprint density at radius 3 is 1.80 bits per heavy atom. The molecule has 10 heteroatoms. The van der Waals surface area contributed by atoms with Gasteiger partial charge in [-0.25, -0.2) is 13.3 Å². The van der Waals surface area contributed by atoms with Gasteiger partial charge in [-0.05, 0) is 59.5 Å². The van der Waals surface area contributed by atoms with Gasteiger partial charge in [-0.3, -0.25) is 4.89 Å². The van der Waals surface area contributed by atoms with Crippen molar-refractivity contribution in [2.45, 2.75) is 32.9 Å². The average molecular weight is 609 g/mol. The number of phosphoric ester groups is 1. The van der Waals surface area contributed by atoms with E-state index in [4.69, 9.17) is 13.8 Å². The maximum absolute atomic E-state index is 14.9. The van der Waals surface area contributed by atoms with Gasteiger partial charge in [0.05, 0.1) is 21.8 Å². The van der Waals surface area contributed by atoms with Crippen molar-refractivity contribution in [1.82, 2.24) is 0 Å². The summed E-state index contributed by atoms with van der Waals surface area (Å²) in [4.78, 5) is 13.1. The van der Waals surface area contributed by atoms with Crippen LogP contribution in [0.15, 0.2) is 92.4 Å². The van der Waals surface area contributed by atoms with Crippen molar-refractivity contribution in [3.8, 4) is 5.75 Å². The Hall–Kier alpha value is -3.49. The van der Waals surface area contributed by atoms with Gasteiger partial charge in [-0.15, -0.1) is 0 Å². The molecule has 0 spiro atoms. The van der Waals surface area contributed by atoms with Crippen LogP contribution in [0.5, 0.6) is 5.75 Å². The molecule has 0 radical (unpaired) electrons. The van der Waals surface area contributed by atoms with Crippen LogP contribution in [0, 0.1) is 11.6 Å². The Labute approximate surface area is 244 Å². The molecule has 2 heterocycles. The number of aryl methyl sites for hydroxylation is 1. The number of benzene rings is 4. The van der Waals surface area contributed by atoms with Crippen molar-refractivity contribution in [2.24, 2.45) is 0 Å². The van der Waals surface area contributed by atoms with Crippen LogP contribution in [0.4, 0.5) is 8.78 Å². The van der Waals surface area contributed by atoms with E-state index in [1.165, 1.54) is 37.1 Å². The molecule has 1 N–H and O–H groups in total. The normalized spacial score (nSPS) is 15.0. The summed E-state index contributed by atoms with van der Waals surface area (Å²) in [6.45, 7) is 1.98. The Morgan fingerprint density at radius 1 is 0.732 bits per heavy atom. The van der Waals surface area contributed by atoms with Gasteiger partial charge < -0.3 is 13.8 Å². The Balaban J connectivity index is 1.45. The highest BCUT2D eigenvalue weighted by Gasteiger charge is 2.33. The van der Waals surface area contributed by atoms with Crippen molar-refractivity contribution in [3.63, 3.8) is 0 Å². The number of rotatable bonds is 6. The largest absolute Gasteiger partial charge is 0.584 e. The maximum atomic E-state index is 14.9. The van der Waals surface area contributed by atoms with Gasteiger partial charge in [0.1, 0.15) is 28.9 Å². The molecule has 2 aliphatic heterocycles. The highest BCUT2D eigenvalue weighted by Crippen LogP contribution is 2.56. The number of methoxy groups -OCH3 is 1. The van der Waals surface area contributed by atoms with Crippen LogP contribution in [-0.2, 0) is 20.0 Å². The predicted molar refractivity (Wildman–Crippen MR) is 158 cm³/mol. The van der Waals surface area contributed by atoms with E-state index in [0.29, 0.717) is 49.1 Å². The minimum atomic E-state index is -4.86. The summed E-state index contributed by atoms with van der Waals surface area (Å²) in [5.74, 6) is -0.309. The second-order valence-corrected chi connectivity index (χ2v) is 12.5. The maximum Gasteiger partial charge on any atom is 0.584 e. The molecule has 0 saturated heterocycles. The summed E-state index contributed by atoms with van der Waals surface area (Å²) in [6.07, 6.45) is 3.72.